The van der Waals surface area contributed by atoms with E-state index in [2.05, 4.69) is 17.1 Å². The third-order valence-electron chi connectivity index (χ3n) is 4.64. The molecule has 0 radical (unpaired) electrons. The van der Waals surface area contributed by atoms with E-state index in [1.807, 2.05) is 0 Å². The molecule has 14 heavy (non-hydrogen) atoms. The van der Waals surface area contributed by atoms with Crippen LogP contribution in [0.5, 0.6) is 0 Å². The number of hydrogen-bond acceptors (Lipinski definition) is 2. The first-order valence-electron chi connectivity index (χ1n) is 6.21. The molecule has 2 heterocycles. The fourth-order valence-electron chi connectivity index (χ4n) is 3.21. The molecule has 0 aromatic rings. The summed E-state index contributed by atoms with van der Waals surface area (Å²) >= 11 is 0. The normalized spacial score (nSPS) is 40.9. The van der Waals surface area contributed by atoms with E-state index in [0.29, 0.717) is 0 Å². The SMILES string of the molecule is CC1CNCC1CN1CCC2(CC2)C1. The molecule has 0 aromatic heterocycles. The van der Waals surface area contributed by atoms with Crippen LogP contribution in [0.2, 0.25) is 0 Å². The van der Waals surface area contributed by atoms with Crippen molar-refractivity contribution in [2.24, 2.45) is 17.3 Å². The van der Waals surface area contributed by atoms with Crippen LogP contribution < -0.4 is 5.32 Å². The lowest BCUT2D eigenvalue weighted by atomic mass is 9.98. The third-order valence-corrected chi connectivity index (χ3v) is 4.64. The van der Waals surface area contributed by atoms with Gasteiger partial charge in [0.05, 0.1) is 0 Å². The first kappa shape index (κ1) is 9.17. The predicted octanol–water partition coefficient (Wildman–Crippen LogP) is 1.33. The molecule has 0 aromatic carbocycles. The quantitative estimate of drug-likeness (QED) is 0.713. The minimum absolute atomic E-state index is 0.815. The lowest BCUT2D eigenvalue weighted by molar-refractivity contribution is 0.250. The molecule has 2 saturated heterocycles. The molecule has 2 nitrogen and oxygen atoms in total. The highest BCUT2D eigenvalue weighted by atomic mass is 15.2. The molecule has 2 unspecified atom stereocenters. The zero-order valence-corrected chi connectivity index (χ0v) is 9.26. The average Bonchev–Trinajstić information content (AvgIpc) is 2.60. The number of nitrogens with one attached hydrogen (secondary N) is 1. The van der Waals surface area contributed by atoms with Gasteiger partial charge in [-0.15, -0.1) is 0 Å². The van der Waals surface area contributed by atoms with Gasteiger partial charge in [-0.3, -0.25) is 0 Å². The Hall–Kier alpha value is -0.0800. The van der Waals surface area contributed by atoms with Gasteiger partial charge >= 0.3 is 0 Å². The second kappa shape index (κ2) is 3.21. The molecule has 3 aliphatic rings. The predicted molar refractivity (Wildman–Crippen MR) is 58.2 cm³/mol. The van der Waals surface area contributed by atoms with Gasteiger partial charge < -0.3 is 10.2 Å². The second-order valence-corrected chi connectivity index (χ2v) is 5.88. The van der Waals surface area contributed by atoms with E-state index in [1.54, 1.807) is 0 Å². The molecule has 2 heteroatoms. The Morgan fingerprint density at radius 1 is 1.29 bits per heavy atom. The third kappa shape index (κ3) is 1.59. The molecule has 1 spiro atoms. The molecule has 2 aliphatic heterocycles. The molecule has 1 N–H and O–H groups in total. The van der Waals surface area contributed by atoms with E-state index in [1.165, 1.54) is 52.0 Å². The van der Waals surface area contributed by atoms with Gasteiger partial charge in [0, 0.05) is 13.1 Å². The Morgan fingerprint density at radius 2 is 2.14 bits per heavy atom. The van der Waals surface area contributed by atoms with Crippen LogP contribution in [0.3, 0.4) is 0 Å². The molecule has 1 aliphatic carbocycles. The van der Waals surface area contributed by atoms with Crippen molar-refractivity contribution in [1.29, 1.82) is 0 Å². The maximum atomic E-state index is 3.51. The molecule has 80 valence electrons. The standard InChI is InChI=1S/C12H22N2/c1-10-6-13-7-11(10)8-14-5-4-12(9-14)2-3-12/h10-11,13H,2-9H2,1H3. The number of hydrogen-bond donors (Lipinski definition) is 1. The van der Waals surface area contributed by atoms with E-state index in [0.717, 1.165) is 17.3 Å². The van der Waals surface area contributed by atoms with Gasteiger partial charge in [0.1, 0.15) is 0 Å². The Labute approximate surface area is 87.0 Å². The van der Waals surface area contributed by atoms with Crippen molar-refractivity contribution in [3.05, 3.63) is 0 Å². The van der Waals surface area contributed by atoms with Crippen LogP contribution in [0.1, 0.15) is 26.2 Å². The molecular formula is C12H22N2. The second-order valence-electron chi connectivity index (χ2n) is 5.88. The maximum absolute atomic E-state index is 3.51. The van der Waals surface area contributed by atoms with Crippen molar-refractivity contribution in [2.75, 3.05) is 32.7 Å². The largest absolute Gasteiger partial charge is 0.316 e. The highest BCUT2D eigenvalue weighted by Gasteiger charge is 2.47. The van der Waals surface area contributed by atoms with Gasteiger partial charge in [-0.05, 0) is 56.1 Å². The van der Waals surface area contributed by atoms with E-state index in [9.17, 15) is 0 Å². The van der Waals surface area contributed by atoms with Crippen molar-refractivity contribution < 1.29 is 0 Å². The Morgan fingerprint density at radius 3 is 2.71 bits per heavy atom. The Bertz CT molecular complexity index is 222. The van der Waals surface area contributed by atoms with Crippen LogP contribution in [0.25, 0.3) is 0 Å². The van der Waals surface area contributed by atoms with E-state index >= 15 is 0 Å². The monoisotopic (exact) mass is 194 g/mol. The van der Waals surface area contributed by atoms with E-state index in [4.69, 9.17) is 0 Å². The van der Waals surface area contributed by atoms with Crippen LogP contribution in [-0.4, -0.2) is 37.6 Å². The van der Waals surface area contributed by atoms with Crippen LogP contribution >= 0.6 is 0 Å². The van der Waals surface area contributed by atoms with Gasteiger partial charge in [0.15, 0.2) is 0 Å². The topological polar surface area (TPSA) is 15.3 Å². The first-order valence-corrected chi connectivity index (χ1v) is 6.21. The lowest BCUT2D eigenvalue weighted by Crippen LogP contribution is -2.30. The molecule has 0 amide bonds. The van der Waals surface area contributed by atoms with Crippen molar-refractivity contribution in [3.63, 3.8) is 0 Å². The van der Waals surface area contributed by atoms with Gasteiger partial charge in [-0.2, -0.15) is 0 Å². The summed E-state index contributed by atoms with van der Waals surface area (Å²) in [6.45, 7) is 9.04. The van der Waals surface area contributed by atoms with Gasteiger partial charge in [0.25, 0.3) is 0 Å². The molecular weight excluding hydrogens is 172 g/mol. The van der Waals surface area contributed by atoms with Crippen LogP contribution in [0.4, 0.5) is 0 Å². The number of rotatable bonds is 2. The molecule has 2 atom stereocenters. The smallest absolute Gasteiger partial charge is 0.00386 e. The summed E-state index contributed by atoms with van der Waals surface area (Å²) in [7, 11) is 0. The van der Waals surface area contributed by atoms with Gasteiger partial charge in [-0.1, -0.05) is 6.92 Å². The van der Waals surface area contributed by atoms with Crippen LogP contribution in [0.15, 0.2) is 0 Å². The van der Waals surface area contributed by atoms with Gasteiger partial charge in [-0.25, -0.2) is 0 Å². The highest BCUT2D eigenvalue weighted by Crippen LogP contribution is 2.52. The summed E-state index contributed by atoms with van der Waals surface area (Å²) in [5.41, 5.74) is 0.815. The lowest BCUT2D eigenvalue weighted by Gasteiger charge is -2.22. The maximum Gasteiger partial charge on any atom is 0.00386 e. The van der Waals surface area contributed by atoms with Crippen LogP contribution in [0, 0.1) is 17.3 Å². The summed E-state index contributed by atoms with van der Waals surface area (Å²) in [6, 6.07) is 0. The van der Waals surface area contributed by atoms with Crippen molar-refractivity contribution in [2.45, 2.75) is 26.2 Å². The van der Waals surface area contributed by atoms with Gasteiger partial charge in [0.2, 0.25) is 0 Å². The van der Waals surface area contributed by atoms with Crippen LogP contribution in [-0.2, 0) is 0 Å². The zero-order valence-electron chi connectivity index (χ0n) is 9.26. The summed E-state index contributed by atoms with van der Waals surface area (Å²) < 4.78 is 0. The Balaban J connectivity index is 1.52. The summed E-state index contributed by atoms with van der Waals surface area (Å²) in [5, 5.41) is 3.51. The van der Waals surface area contributed by atoms with Crippen molar-refractivity contribution in [3.8, 4) is 0 Å². The molecule has 3 rings (SSSR count). The Kier molecular flexibility index (Phi) is 2.10. The fourth-order valence-corrected chi connectivity index (χ4v) is 3.21. The number of likely N-dealkylation sites (tertiary alicyclic amines) is 1. The fraction of sp³-hybridized carbons (Fsp3) is 1.00. The number of nitrogens with zero attached hydrogens (tertiary/aromatic N) is 1. The van der Waals surface area contributed by atoms with Crippen molar-refractivity contribution in [1.82, 2.24) is 10.2 Å². The molecule has 3 fully saturated rings. The zero-order chi connectivity index (χ0) is 9.60. The average molecular weight is 194 g/mol. The minimum Gasteiger partial charge on any atom is -0.316 e. The first-order chi connectivity index (χ1) is 6.77. The molecule has 0 bridgehead atoms. The molecule has 1 saturated carbocycles. The van der Waals surface area contributed by atoms with E-state index in [-0.39, 0.29) is 0 Å². The highest BCUT2D eigenvalue weighted by molar-refractivity contribution is 5.00. The summed E-state index contributed by atoms with van der Waals surface area (Å²) in [6.07, 6.45) is 4.52. The minimum atomic E-state index is 0.815. The summed E-state index contributed by atoms with van der Waals surface area (Å²) in [4.78, 5) is 2.72. The van der Waals surface area contributed by atoms with Crippen molar-refractivity contribution >= 4 is 0 Å². The summed E-state index contributed by atoms with van der Waals surface area (Å²) in [5.74, 6) is 1.81. The van der Waals surface area contributed by atoms with E-state index < -0.39 is 0 Å².